The van der Waals surface area contributed by atoms with Gasteiger partial charge in [-0.15, -0.1) is 11.8 Å². The zero-order chi connectivity index (χ0) is 13.8. The van der Waals surface area contributed by atoms with E-state index >= 15 is 0 Å². The highest BCUT2D eigenvalue weighted by molar-refractivity contribution is 7.99. The molecule has 0 bridgehead atoms. The Morgan fingerprint density at radius 1 is 1.44 bits per heavy atom. The SMILES string of the molecule is CCSc1cccc(OCC(F)(F)F)c1C(=O)O. The van der Waals surface area contributed by atoms with Crippen molar-refractivity contribution in [3.63, 3.8) is 0 Å². The van der Waals surface area contributed by atoms with Gasteiger partial charge < -0.3 is 9.84 Å². The quantitative estimate of drug-likeness (QED) is 0.839. The Bertz CT molecular complexity index is 432. The lowest BCUT2D eigenvalue weighted by Crippen LogP contribution is -2.20. The highest BCUT2D eigenvalue weighted by Crippen LogP contribution is 2.31. The molecule has 1 rings (SSSR count). The Balaban J connectivity index is 3.03. The van der Waals surface area contributed by atoms with Crippen molar-refractivity contribution in [2.75, 3.05) is 12.4 Å². The van der Waals surface area contributed by atoms with Crippen LogP contribution in [-0.4, -0.2) is 29.6 Å². The number of carboxylic acids is 1. The number of aromatic carboxylic acids is 1. The Hall–Kier alpha value is -1.37. The number of hydrogen-bond donors (Lipinski definition) is 1. The van der Waals surface area contributed by atoms with Crippen LogP contribution in [0.2, 0.25) is 0 Å². The number of hydrogen-bond acceptors (Lipinski definition) is 3. The van der Waals surface area contributed by atoms with E-state index in [0.717, 1.165) is 0 Å². The number of alkyl halides is 3. The normalized spacial score (nSPS) is 11.3. The molecule has 0 saturated heterocycles. The maximum Gasteiger partial charge on any atom is 0.422 e. The Labute approximate surface area is 106 Å². The first-order valence-electron chi connectivity index (χ1n) is 5.03. The minimum absolute atomic E-state index is 0.228. The van der Waals surface area contributed by atoms with E-state index in [0.29, 0.717) is 10.6 Å². The Kier molecular flexibility index (Phi) is 4.89. The van der Waals surface area contributed by atoms with Crippen molar-refractivity contribution in [2.45, 2.75) is 18.0 Å². The van der Waals surface area contributed by atoms with Crippen molar-refractivity contribution in [3.8, 4) is 5.75 Å². The van der Waals surface area contributed by atoms with E-state index in [-0.39, 0.29) is 11.3 Å². The lowest BCUT2D eigenvalue weighted by Gasteiger charge is -2.13. The average Bonchev–Trinajstić information content (AvgIpc) is 2.25. The van der Waals surface area contributed by atoms with Crippen LogP contribution in [0.15, 0.2) is 23.1 Å². The summed E-state index contributed by atoms with van der Waals surface area (Å²) in [7, 11) is 0. The molecule has 0 saturated carbocycles. The number of carbonyl (C=O) groups is 1. The van der Waals surface area contributed by atoms with Crippen LogP contribution in [0, 0.1) is 0 Å². The average molecular weight is 280 g/mol. The molecule has 0 aliphatic rings. The van der Waals surface area contributed by atoms with Crippen LogP contribution in [0.25, 0.3) is 0 Å². The fourth-order valence-corrected chi connectivity index (χ4v) is 2.10. The second kappa shape index (κ2) is 5.99. The first kappa shape index (κ1) is 14.7. The third-order valence-corrected chi connectivity index (χ3v) is 2.83. The number of carboxylic acid groups (broad SMARTS) is 1. The molecule has 0 atom stereocenters. The molecule has 18 heavy (non-hydrogen) atoms. The van der Waals surface area contributed by atoms with Crippen LogP contribution >= 0.6 is 11.8 Å². The van der Waals surface area contributed by atoms with E-state index in [4.69, 9.17) is 5.11 Å². The van der Waals surface area contributed by atoms with Crippen molar-refractivity contribution in [3.05, 3.63) is 23.8 Å². The van der Waals surface area contributed by atoms with Gasteiger partial charge in [-0.05, 0) is 17.9 Å². The molecule has 100 valence electrons. The second-order valence-electron chi connectivity index (χ2n) is 3.27. The summed E-state index contributed by atoms with van der Waals surface area (Å²) in [4.78, 5) is 11.5. The third kappa shape index (κ3) is 4.14. The largest absolute Gasteiger partial charge is 0.483 e. The predicted molar refractivity (Wildman–Crippen MR) is 61.3 cm³/mol. The van der Waals surface area contributed by atoms with Crippen LogP contribution < -0.4 is 4.74 Å². The number of benzene rings is 1. The van der Waals surface area contributed by atoms with Gasteiger partial charge in [-0.2, -0.15) is 13.2 Å². The summed E-state index contributed by atoms with van der Waals surface area (Å²) in [5.74, 6) is -0.954. The zero-order valence-corrected chi connectivity index (χ0v) is 10.3. The summed E-state index contributed by atoms with van der Waals surface area (Å²) in [5.41, 5.74) is -0.228. The standard InChI is InChI=1S/C11H11F3O3S/c1-2-18-8-5-3-4-7(9(8)10(15)16)17-6-11(12,13)14/h3-5H,2,6H2,1H3,(H,15,16). The molecule has 0 aliphatic carbocycles. The van der Waals surface area contributed by atoms with Crippen molar-refractivity contribution in [1.82, 2.24) is 0 Å². The highest BCUT2D eigenvalue weighted by atomic mass is 32.2. The molecular formula is C11H11F3O3S. The van der Waals surface area contributed by atoms with E-state index in [9.17, 15) is 18.0 Å². The molecule has 0 aliphatic heterocycles. The summed E-state index contributed by atoms with van der Waals surface area (Å²) in [6.45, 7) is 0.313. The van der Waals surface area contributed by atoms with E-state index in [2.05, 4.69) is 4.74 Å². The fourth-order valence-electron chi connectivity index (χ4n) is 1.28. The molecule has 0 heterocycles. The van der Waals surface area contributed by atoms with Crippen LogP contribution in [0.4, 0.5) is 13.2 Å². The van der Waals surface area contributed by atoms with Crippen molar-refractivity contribution in [2.24, 2.45) is 0 Å². The molecule has 3 nitrogen and oxygen atoms in total. The van der Waals surface area contributed by atoms with Gasteiger partial charge >= 0.3 is 12.1 Å². The van der Waals surface area contributed by atoms with Crippen LogP contribution in [-0.2, 0) is 0 Å². The van der Waals surface area contributed by atoms with Crippen LogP contribution in [0.1, 0.15) is 17.3 Å². The van der Waals surface area contributed by atoms with Gasteiger partial charge in [0, 0.05) is 4.90 Å². The second-order valence-corrected chi connectivity index (χ2v) is 4.58. The van der Waals surface area contributed by atoms with Gasteiger partial charge in [0.25, 0.3) is 0 Å². The van der Waals surface area contributed by atoms with Crippen LogP contribution in [0.3, 0.4) is 0 Å². The maximum atomic E-state index is 12.0. The molecular weight excluding hydrogens is 269 g/mol. The summed E-state index contributed by atoms with van der Waals surface area (Å²) in [6, 6.07) is 4.23. The molecule has 7 heteroatoms. The predicted octanol–water partition coefficient (Wildman–Crippen LogP) is 3.44. The number of thioether (sulfide) groups is 1. The van der Waals surface area contributed by atoms with Crippen LogP contribution in [0.5, 0.6) is 5.75 Å². The van der Waals surface area contributed by atoms with Crippen molar-refractivity contribution < 1.29 is 27.8 Å². The number of rotatable bonds is 5. The summed E-state index contributed by atoms with van der Waals surface area (Å²) in [6.07, 6.45) is -4.50. The number of ether oxygens (including phenoxy) is 1. The minimum Gasteiger partial charge on any atom is -0.483 e. The van der Waals surface area contributed by atoms with Gasteiger partial charge in [0.1, 0.15) is 11.3 Å². The summed E-state index contributed by atoms with van der Waals surface area (Å²) in [5, 5.41) is 9.03. The Morgan fingerprint density at radius 3 is 2.61 bits per heavy atom. The zero-order valence-electron chi connectivity index (χ0n) is 9.45. The van der Waals surface area contributed by atoms with Gasteiger partial charge in [-0.3, -0.25) is 0 Å². The molecule has 0 spiro atoms. The van der Waals surface area contributed by atoms with Gasteiger partial charge in [-0.1, -0.05) is 13.0 Å². The summed E-state index contributed by atoms with van der Waals surface area (Å²) < 4.78 is 40.7. The first-order chi connectivity index (χ1) is 8.35. The molecule has 0 amide bonds. The maximum absolute atomic E-state index is 12.0. The molecule has 0 fully saturated rings. The molecule has 0 aromatic heterocycles. The lowest BCUT2D eigenvalue weighted by atomic mass is 10.2. The fraction of sp³-hybridized carbons (Fsp3) is 0.364. The lowest BCUT2D eigenvalue weighted by molar-refractivity contribution is -0.153. The molecule has 0 radical (unpaired) electrons. The number of halogens is 3. The highest BCUT2D eigenvalue weighted by Gasteiger charge is 2.29. The minimum atomic E-state index is -4.50. The monoisotopic (exact) mass is 280 g/mol. The van der Waals surface area contributed by atoms with E-state index in [1.807, 2.05) is 6.92 Å². The topological polar surface area (TPSA) is 46.5 Å². The van der Waals surface area contributed by atoms with E-state index in [1.54, 1.807) is 0 Å². The molecule has 1 aromatic rings. The molecule has 1 aromatic carbocycles. The smallest absolute Gasteiger partial charge is 0.422 e. The van der Waals surface area contributed by atoms with Crippen molar-refractivity contribution >= 4 is 17.7 Å². The van der Waals surface area contributed by atoms with Gasteiger partial charge in [0.05, 0.1) is 0 Å². The van der Waals surface area contributed by atoms with Crippen molar-refractivity contribution in [1.29, 1.82) is 0 Å². The summed E-state index contributed by atoms with van der Waals surface area (Å²) >= 11 is 1.24. The van der Waals surface area contributed by atoms with Gasteiger partial charge in [-0.25, -0.2) is 4.79 Å². The Morgan fingerprint density at radius 2 is 2.11 bits per heavy atom. The first-order valence-corrected chi connectivity index (χ1v) is 6.02. The van der Waals surface area contributed by atoms with Gasteiger partial charge in [0.15, 0.2) is 6.61 Å². The third-order valence-electron chi connectivity index (χ3n) is 1.89. The van der Waals surface area contributed by atoms with E-state index in [1.165, 1.54) is 30.0 Å². The van der Waals surface area contributed by atoms with Gasteiger partial charge in [0.2, 0.25) is 0 Å². The van der Waals surface area contributed by atoms with E-state index < -0.39 is 18.8 Å². The molecule has 1 N–H and O–H groups in total. The molecule has 0 unspecified atom stereocenters.